The molecule has 2 unspecified atom stereocenters. The van der Waals surface area contributed by atoms with Crippen molar-refractivity contribution in [3.63, 3.8) is 0 Å². The van der Waals surface area contributed by atoms with Gasteiger partial charge in [-0.3, -0.25) is 0 Å². The zero-order valence-electron chi connectivity index (χ0n) is 11.6. The van der Waals surface area contributed by atoms with E-state index in [1.807, 2.05) is 27.0 Å². The molecule has 0 aliphatic carbocycles. The standard InChI is InChI=1S/C16H23NO/c1-4-6-8-13-15(17-3)16(18-5-2)14-11-9-7-10-12-14/h7,9-12,15-17H,5,8,13H2,1-3H3. The van der Waals surface area contributed by atoms with Crippen molar-refractivity contribution in [2.75, 3.05) is 13.7 Å². The smallest absolute Gasteiger partial charge is 0.0977 e. The summed E-state index contributed by atoms with van der Waals surface area (Å²) in [6.45, 7) is 4.64. The van der Waals surface area contributed by atoms with E-state index in [0.717, 1.165) is 19.4 Å². The van der Waals surface area contributed by atoms with Gasteiger partial charge in [-0.25, -0.2) is 0 Å². The van der Waals surface area contributed by atoms with Crippen LogP contribution in [0.25, 0.3) is 0 Å². The van der Waals surface area contributed by atoms with Gasteiger partial charge < -0.3 is 10.1 Å². The molecule has 1 aromatic carbocycles. The van der Waals surface area contributed by atoms with Crippen molar-refractivity contribution in [1.29, 1.82) is 0 Å². The molecule has 0 radical (unpaired) electrons. The highest BCUT2D eigenvalue weighted by atomic mass is 16.5. The fraction of sp³-hybridized carbons (Fsp3) is 0.500. The van der Waals surface area contributed by atoms with Gasteiger partial charge in [-0.05, 0) is 32.9 Å². The molecule has 2 heteroatoms. The van der Waals surface area contributed by atoms with Crippen molar-refractivity contribution >= 4 is 0 Å². The van der Waals surface area contributed by atoms with Crippen LogP contribution in [0.5, 0.6) is 0 Å². The molecular weight excluding hydrogens is 222 g/mol. The lowest BCUT2D eigenvalue weighted by Crippen LogP contribution is -2.33. The summed E-state index contributed by atoms with van der Waals surface area (Å²) in [5.41, 5.74) is 1.23. The van der Waals surface area contributed by atoms with E-state index in [9.17, 15) is 0 Å². The predicted molar refractivity (Wildman–Crippen MR) is 76.3 cm³/mol. The van der Waals surface area contributed by atoms with Crippen LogP contribution in [0.2, 0.25) is 0 Å². The van der Waals surface area contributed by atoms with Crippen molar-refractivity contribution < 1.29 is 4.74 Å². The topological polar surface area (TPSA) is 21.3 Å². The molecule has 18 heavy (non-hydrogen) atoms. The summed E-state index contributed by atoms with van der Waals surface area (Å²) in [5, 5.41) is 3.35. The van der Waals surface area contributed by atoms with E-state index in [4.69, 9.17) is 4.74 Å². The maximum atomic E-state index is 5.90. The van der Waals surface area contributed by atoms with Crippen LogP contribution in [0.4, 0.5) is 0 Å². The Morgan fingerprint density at radius 2 is 2.00 bits per heavy atom. The third-order valence-corrected chi connectivity index (χ3v) is 2.97. The van der Waals surface area contributed by atoms with E-state index >= 15 is 0 Å². The van der Waals surface area contributed by atoms with Crippen molar-refractivity contribution in [3.05, 3.63) is 35.9 Å². The minimum absolute atomic E-state index is 0.0971. The second-order valence-corrected chi connectivity index (χ2v) is 4.15. The molecule has 0 amide bonds. The molecule has 1 rings (SSSR count). The second-order valence-electron chi connectivity index (χ2n) is 4.15. The Kier molecular flexibility index (Phi) is 7.17. The van der Waals surface area contributed by atoms with Crippen molar-refractivity contribution in [3.8, 4) is 11.8 Å². The Bertz CT molecular complexity index is 377. The molecule has 98 valence electrons. The molecule has 2 atom stereocenters. The highest BCUT2D eigenvalue weighted by molar-refractivity contribution is 5.19. The largest absolute Gasteiger partial charge is 0.372 e. The van der Waals surface area contributed by atoms with Crippen molar-refractivity contribution in [1.82, 2.24) is 5.32 Å². The predicted octanol–water partition coefficient (Wildman–Crippen LogP) is 3.16. The maximum Gasteiger partial charge on any atom is 0.0977 e. The second kappa shape index (κ2) is 8.74. The third-order valence-electron chi connectivity index (χ3n) is 2.97. The number of likely N-dealkylation sites (N-methyl/N-ethyl adjacent to an activating group) is 1. The minimum atomic E-state index is 0.0971. The van der Waals surface area contributed by atoms with E-state index in [1.165, 1.54) is 5.56 Å². The van der Waals surface area contributed by atoms with Gasteiger partial charge in [-0.2, -0.15) is 0 Å². The Labute approximate surface area is 111 Å². The quantitative estimate of drug-likeness (QED) is 0.745. The molecular formula is C16H23NO. The van der Waals surface area contributed by atoms with E-state index in [2.05, 4.69) is 41.4 Å². The van der Waals surface area contributed by atoms with Crippen molar-refractivity contribution in [2.45, 2.75) is 38.8 Å². The molecule has 0 heterocycles. The normalized spacial score (nSPS) is 13.5. The average molecular weight is 245 g/mol. The molecule has 0 aliphatic heterocycles. The minimum Gasteiger partial charge on any atom is -0.372 e. The summed E-state index contributed by atoms with van der Waals surface area (Å²) in [4.78, 5) is 0. The number of nitrogens with one attached hydrogen (secondary N) is 1. The zero-order valence-corrected chi connectivity index (χ0v) is 11.6. The Morgan fingerprint density at radius 1 is 1.28 bits per heavy atom. The van der Waals surface area contributed by atoms with E-state index in [-0.39, 0.29) is 6.10 Å². The SMILES string of the molecule is CC#CCCC(NC)C(OCC)c1ccccc1. The lowest BCUT2D eigenvalue weighted by molar-refractivity contribution is 0.0333. The first-order valence-corrected chi connectivity index (χ1v) is 6.56. The van der Waals surface area contributed by atoms with Crippen LogP contribution < -0.4 is 5.32 Å². The molecule has 1 aromatic rings. The number of hydrogen-bond acceptors (Lipinski definition) is 2. The summed E-state index contributed by atoms with van der Waals surface area (Å²) < 4.78 is 5.90. The molecule has 0 bridgehead atoms. The lowest BCUT2D eigenvalue weighted by atomic mass is 9.98. The number of rotatable bonds is 7. The molecule has 0 saturated carbocycles. The Balaban J connectivity index is 2.76. The fourth-order valence-electron chi connectivity index (χ4n) is 2.07. The van der Waals surface area contributed by atoms with Gasteiger partial charge in [-0.1, -0.05) is 30.3 Å². The molecule has 1 N–H and O–H groups in total. The van der Waals surface area contributed by atoms with Gasteiger partial charge in [0, 0.05) is 19.1 Å². The van der Waals surface area contributed by atoms with Crippen LogP contribution in [-0.2, 0) is 4.74 Å². The van der Waals surface area contributed by atoms with Crippen molar-refractivity contribution in [2.24, 2.45) is 0 Å². The Morgan fingerprint density at radius 3 is 2.56 bits per heavy atom. The monoisotopic (exact) mass is 245 g/mol. The summed E-state index contributed by atoms with van der Waals surface area (Å²) in [7, 11) is 1.99. The van der Waals surface area contributed by atoms with Gasteiger partial charge in [0.2, 0.25) is 0 Å². The van der Waals surface area contributed by atoms with E-state index in [0.29, 0.717) is 6.04 Å². The van der Waals surface area contributed by atoms with Crippen LogP contribution in [-0.4, -0.2) is 19.7 Å². The first kappa shape index (κ1) is 14.8. The number of hydrogen-bond donors (Lipinski definition) is 1. The highest BCUT2D eigenvalue weighted by Gasteiger charge is 2.21. The van der Waals surface area contributed by atoms with Crippen LogP contribution in [0.15, 0.2) is 30.3 Å². The fourth-order valence-corrected chi connectivity index (χ4v) is 2.07. The average Bonchev–Trinajstić information content (AvgIpc) is 2.43. The van der Waals surface area contributed by atoms with Crippen LogP contribution in [0.3, 0.4) is 0 Å². The first-order chi connectivity index (χ1) is 8.83. The summed E-state index contributed by atoms with van der Waals surface area (Å²) >= 11 is 0. The van der Waals surface area contributed by atoms with E-state index < -0.39 is 0 Å². The van der Waals surface area contributed by atoms with E-state index in [1.54, 1.807) is 0 Å². The molecule has 0 fully saturated rings. The van der Waals surface area contributed by atoms with Gasteiger partial charge >= 0.3 is 0 Å². The molecule has 2 nitrogen and oxygen atoms in total. The summed E-state index contributed by atoms with van der Waals surface area (Å²) in [6, 6.07) is 10.7. The lowest BCUT2D eigenvalue weighted by Gasteiger charge is -2.26. The van der Waals surface area contributed by atoms with Gasteiger partial charge in [0.05, 0.1) is 6.10 Å². The summed E-state index contributed by atoms with van der Waals surface area (Å²) in [5.74, 6) is 6.06. The highest BCUT2D eigenvalue weighted by Crippen LogP contribution is 2.23. The molecule has 0 aromatic heterocycles. The third kappa shape index (κ3) is 4.52. The zero-order chi connectivity index (χ0) is 13.2. The van der Waals surface area contributed by atoms with Crippen LogP contribution in [0, 0.1) is 11.8 Å². The number of ether oxygens (including phenoxy) is 1. The number of benzene rings is 1. The Hall–Kier alpha value is -1.30. The molecule has 0 saturated heterocycles. The van der Waals surface area contributed by atoms with Gasteiger partial charge in [0.15, 0.2) is 0 Å². The van der Waals surface area contributed by atoms with Gasteiger partial charge in [-0.15, -0.1) is 11.8 Å². The molecule has 0 aliphatic rings. The van der Waals surface area contributed by atoms with Gasteiger partial charge in [0.25, 0.3) is 0 Å². The van der Waals surface area contributed by atoms with Gasteiger partial charge in [0.1, 0.15) is 0 Å². The summed E-state index contributed by atoms with van der Waals surface area (Å²) in [6.07, 6.45) is 2.00. The maximum absolute atomic E-state index is 5.90. The molecule has 0 spiro atoms. The van der Waals surface area contributed by atoms with Crippen LogP contribution >= 0.6 is 0 Å². The van der Waals surface area contributed by atoms with Crippen LogP contribution in [0.1, 0.15) is 38.4 Å². The first-order valence-electron chi connectivity index (χ1n) is 6.56.